The number of hydrogen-bond acceptors (Lipinski definition) is 10. The molecular formula is C34H33F3N10. The number of aromatic nitrogens is 8. The van der Waals surface area contributed by atoms with Crippen molar-refractivity contribution in [3.63, 3.8) is 0 Å². The van der Waals surface area contributed by atoms with Gasteiger partial charge in [-0.15, -0.1) is 0 Å². The highest BCUT2D eigenvalue weighted by Gasteiger charge is 2.58. The molecule has 2 N–H and O–H groups in total. The molecule has 6 aromatic rings. The fourth-order valence-corrected chi connectivity index (χ4v) is 5.06. The zero-order chi connectivity index (χ0) is 33.1. The van der Waals surface area contributed by atoms with Crippen molar-refractivity contribution in [2.45, 2.75) is 63.7 Å². The van der Waals surface area contributed by atoms with E-state index >= 15 is 0 Å². The van der Waals surface area contributed by atoms with E-state index in [0.717, 1.165) is 28.7 Å². The molecule has 0 radical (unpaired) electrons. The first kappa shape index (κ1) is 31.6. The first-order valence-electron chi connectivity index (χ1n) is 15.2. The van der Waals surface area contributed by atoms with Crippen molar-refractivity contribution in [3.05, 3.63) is 86.0 Å². The maximum atomic E-state index is 13.5. The first-order chi connectivity index (χ1) is 22.6. The molecule has 13 heteroatoms. The molecule has 6 aromatic heterocycles. The maximum Gasteiger partial charge on any atom is 0.411 e. The highest BCUT2D eigenvalue weighted by atomic mass is 19.4. The third-order valence-electron chi connectivity index (χ3n) is 8.32. The molecule has 47 heavy (non-hydrogen) atoms. The summed E-state index contributed by atoms with van der Waals surface area (Å²) in [6.45, 7) is 6.48. The van der Waals surface area contributed by atoms with Crippen LogP contribution in [0.25, 0.3) is 44.6 Å². The Morgan fingerprint density at radius 1 is 0.660 bits per heavy atom. The quantitative estimate of drug-likeness (QED) is 0.180. The van der Waals surface area contributed by atoms with Crippen molar-refractivity contribution < 1.29 is 13.2 Å². The van der Waals surface area contributed by atoms with E-state index in [1.807, 2.05) is 18.2 Å². The topological polar surface area (TPSA) is 127 Å². The molecule has 7 rings (SSSR count). The summed E-state index contributed by atoms with van der Waals surface area (Å²) in [5, 5.41) is 7.69. The van der Waals surface area contributed by atoms with Crippen LogP contribution in [0.2, 0.25) is 0 Å². The Morgan fingerprint density at radius 2 is 1.13 bits per heavy atom. The molecule has 1 fully saturated rings. The normalized spacial score (nSPS) is 14.2. The summed E-state index contributed by atoms with van der Waals surface area (Å²) in [6, 6.07) is 10.8. The van der Waals surface area contributed by atoms with Crippen molar-refractivity contribution in [1.82, 2.24) is 39.9 Å². The van der Waals surface area contributed by atoms with Gasteiger partial charge in [-0.3, -0.25) is 19.9 Å². The number of nitrogens with zero attached hydrogens (tertiary/aromatic N) is 8. The van der Waals surface area contributed by atoms with Gasteiger partial charge >= 0.3 is 6.18 Å². The van der Waals surface area contributed by atoms with Crippen molar-refractivity contribution in [1.29, 1.82) is 0 Å². The van der Waals surface area contributed by atoms with E-state index in [1.54, 1.807) is 55.4 Å². The SMILES string of the molecule is CCC(C)(C)Nc1nc(-c2ccncc2)nc2cnccc12.FC(F)(F)C1(Nc2nc(-c3ccncc3)nc3cnccc23)CCC1. The minimum Gasteiger partial charge on any atom is -0.365 e. The van der Waals surface area contributed by atoms with Gasteiger partial charge in [-0.2, -0.15) is 13.2 Å². The predicted octanol–water partition coefficient (Wildman–Crippen LogP) is 7.67. The third-order valence-corrected chi connectivity index (χ3v) is 8.32. The lowest BCUT2D eigenvalue weighted by Crippen LogP contribution is -2.57. The number of nitrogens with one attached hydrogen (secondary N) is 2. The summed E-state index contributed by atoms with van der Waals surface area (Å²) >= 11 is 0. The largest absolute Gasteiger partial charge is 0.411 e. The Morgan fingerprint density at radius 3 is 1.57 bits per heavy atom. The lowest BCUT2D eigenvalue weighted by Gasteiger charge is -2.44. The van der Waals surface area contributed by atoms with Crippen LogP contribution in [0, 0.1) is 0 Å². The molecule has 10 nitrogen and oxygen atoms in total. The monoisotopic (exact) mass is 638 g/mol. The maximum absolute atomic E-state index is 13.5. The Kier molecular flexibility index (Phi) is 8.63. The van der Waals surface area contributed by atoms with Crippen LogP contribution in [-0.2, 0) is 0 Å². The van der Waals surface area contributed by atoms with Crippen LogP contribution in [0.5, 0.6) is 0 Å². The Hall–Kier alpha value is -5.33. The van der Waals surface area contributed by atoms with Gasteiger partial charge in [-0.05, 0) is 75.9 Å². The summed E-state index contributed by atoms with van der Waals surface area (Å²) in [5.74, 6) is 2.03. The zero-order valence-corrected chi connectivity index (χ0v) is 26.1. The molecular weight excluding hydrogens is 605 g/mol. The minimum absolute atomic E-state index is 0.0394. The summed E-state index contributed by atoms with van der Waals surface area (Å²) < 4.78 is 40.6. The predicted molar refractivity (Wildman–Crippen MR) is 175 cm³/mol. The fraction of sp³-hybridized carbons (Fsp3) is 0.294. The van der Waals surface area contributed by atoms with Gasteiger partial charge < -0.3 is 10.6 Å². The van der Waals surface area contributed by atoms with E-state index in [9.17, 15) is 13.2 Å². The van der Waals surface area contributed by atoms with Crippen molar-refractivity contribution in [2.75, 3.05) is 10.6 Å². The summed E-state index contributed by atoms with van der Waals surface area (Å²) in [7, 11) is 0. The molecule has 0 unspecified atom stereocenters. The zero-order valence-electron chi connectivity index (χ0n) is 26.1. The molecule has 0 amide bonds. The molecule has 0 spiro atoms. The number of fused-ring (bicyclic) bond motifs is 2. The molecule has 6 heterocycles. The van der Waals surface area contributed by atoms with Gasteiger partial charge in [-0.1, -0.05) is 6.92 Å². The molecule has 1 saturated carbocycles. The van der Waals surface area contributed by atoms with Crippen LogP contribution in [0.15, 0.2) is 86.0 Å². The van der Waals surface area contributed by atoms with Crippen LogP contribution in [-0.4, -0.2) is 57.1 Å². The standard InChI is InChI=1S/C17H14F3N5.C17H19N5/c18-17(19,20)16(5-1-6-16)25-15-12-4-9-22-10-13(12)23-14(24-15)11-2-7-21-8-3-11;1-4-17(2,3)22-16-13-7-10-19-11-14(13)20-15(21-16)12-5-8-18-9-6-12/h2-4,7-10H,1,5-6H2,(H,23,24,25);5-11H,4H2,1-3H3,(H,20,21,22). The second-order valence-corrected chi connectivity index (χ2v) is 12.0. The van der Waals surface area contributed by atoms with Crippen LogP contribution in [0.3, 0.4) is 0 Å². The number of rotatable bonds is 7. The number of halogens is 3. The van der Waals surface area contributed by atoms with Crippen LogP contribution in [0.4, 0.5) is 24.8 Å². The van der Waals surface area contributed by atoms with Gasteiger partial charge in [0.1, 0.15) is 17.2 Å². The second-order valence-electron chi connectivity index (χ2n) is 12.0. The number of anilines is 2. The fourth-order valence-electron chi connectivity index (χ4n) is 5.06. The van der Waals surface area contributed by atoms with Gasteiger partial charge in [-0.25, -0.2) is 19.9 Å². The van der Waals surface area contributed by atoms with E-state index in [-0.39, 0.29) is 24.2 Å². The van der Waals surface area contributed by atoms with E-state index < -0.39 is 11.7 Å². The molecule has 240 valence electrons. The summed E-state index contributed by atoms with van der Waals surface area (Å²) in [6.07, 6.45) is 10.5. The molecule has 0 saturated heterocycles. The highest BCUT2D eigenvalue weighted by Crippen LogP contribution is 2.47. The Labute approximate surface area is 269 Å². The highest BCUT2D eigenvalue weighted by molar-refractivity contribution is 5.91. The third kappa shape index (κ3) is 6.79. The second kappa shape index (κ2) is 12.8. The molecule has 1 aliphatic carbocycles. The van der Waals surface area contributed by atoms with Crippen molar-refractivity contribution >= 4 is 33.4 Å². The molecule has 0 aromatic carbocycles. The minimum atomic E-state index is -4.34. The smallest absolute Gasteiger partial charge is 0.365 e. The van der Waals surface area contributed by atoms with Crippen LogP contribution >= 0.6 is 0 Å². The van der Waals surface area contributed by atoms with Gasteiger partial charge in [0, 0.05) is 64.6 Å². The summed E-state index contributed by atoms with van der Waals surface area (Å²) in [5.41, 5.74) is 0.978. The van der Waals surface area contributed by atoms with Gasteiger partial charge in [0.05, 0.1) is 23.4 Å². The molecule has 1 aliphatic rings. The Balaban J connectivity index is 0.000000166. The molecule has 0 aliphatic heterocycles. The average molecular weight is 639 g/mol. The lowest BCUT2D eigenvalue weighted by molar-refractivity contribution is -0.198. The van der Waals surface area contributed by atoms with Gasteiger partial charge in [0.15, 0.2) is 11.6 Å². The lowest BCUT2D eigenvalue weighted by atomic mass is 9.76. The van der Waals surface area contributed by atoms with Crippen LogP contribution in [0.1, 0.15) is 46.5 Å². The number of pyridine rings is 4. The van der Waals surface area contributed by atoms with Crippen molar-refractivity contribution in [2.24, 2.45) is 0 Å². The Bertz CT molecular complexity index is 1980. The van der Waals surface area contributed by atoms with E-state index in [1.165, 1.54) is 12.4 Å². The van der Waals surface area contributed by atoms with Gasteiger partial charge in [0.2, 0.25) is 0 Å². The van der Waals surface area contributed by atoms with Crippen LogP contribution < -0.4 is 10.6 Å². The van der Waals surface area contributed by atoms with E-state index in [2.05, 4.69) is 66.3 Å². The number of hydrogen-bond donors (Lipinski definition) is 2. The number of alkyl halides is 3. The first-order valence-corrected chi connectivity index (χ1v) is 15.2. The molecule has 0 atom stereocenters. The van der Waals surface area contributed by atoms with E-state index in [4.69, 9.17) is 4.98 Å². The summed E-state index contributed by atoms with van der Waals surface area (Å²) in [4.78, 5) is 34.3. The molecule has 0 bridgehead atoms. The van der Waals surface area contributed by atoms with E-state index in [0.29, 0.717) is 34.5 Å². The van der Waals surface area contributed by atoms with Crippen molar-refractivity contribution in [3.8, 4) is 22.8 Å². The average Bonchev–Trinajstić information content (AvgIpc) is 3.06. The van der Waals surface area contributed by atoms with Gasteiger partial charge in [0.25, 0.3) is 0 Å².